The molecule has 2 atom stereocenters. The lowest BCUT2D eigenvalue weighted by Crippen LogP contribution is -2.41. The number of pyridine rings is 1. The Labute approximate surface area is 118 Å². The van der Waals surface area contributed by atoms with E-state index in [0.29, 0.717) is 0 Å². The molecule has 1 saturated carbocycles. The molecule has 1 aliphatic heterocycles. The zero-order chi connectivity index (χ0) is 12.4. The Morgan fingerprint density at radius 2 is 2.00 bits per heavy atom. The van der Waals surface area contributed by atoms with Gasteiger partial charge in [-0.3, -0.25) is 9.88 Å². The van der Waals surface area contributed by atoms with Crippen LogP contribution in [0, 0.1) is 11.8 Å². The molecule has 1 aromatic heterocycles. The molecule has 0 aromatic carbocycles. The van der Waals surface area contributed by atoms with Gasteiger partial charge in [0.1, 0.15) is 0 Å². The third-order valence-corrected chi connectivity index (χ3v) is 4.98. The second-order valence-electron chi connectivity index (χ2n) is 5.84. The van der Waals surface area contributed by atoms with E-state index in [4.69, 9.17) is 0 Å². The minimum atomic E-state index is 0.965. The smallest absolute Gasteiger partial charge is 0.0410 e. The number of fused-ring (bicyclic) bond motifs is 1. The molecule has 1 aliphatic carbocycles. The van der Waals surface area contributed by atoms with Crippen molar-refractivity contribution in [2.75, 3.05) is 13.1 Å². The van der Waals surface area contributed by atoms with Gasteiger partial charge in [-0.1, -0.05) is 19.3 Å². The fourth-order valence-corrected chi connectivity index (χ4v) is 4.03. The number of halogens is 1. The summed E-state index contributed by atoms with van der Waals surface area (Å²) in [6.07, 6.45) is 11.1. The van der Waals surface area contributed by atoms with E-state index in [1.54, 1.807) is 0 Å². The molecule has 0 amide bonds. The molecule has 0 N–H and O–H groups in total. The average molecular weight is 309 g/mol. The van der Waals surface area contributed by atoms with E-state index in [2.05, 4.69) is 31.9 Å². The maximum atomic E-state index is 4.26. The number of likely N-dealkylation sites (tertiary alicyclic amines) is 1. The van der Waals surface area contributed by atoms with E-state index in [-0.39, 0.29) is 0 Å². The highest BCUT2D eigenvalue weighted by Gasteiger charge is 2.30. The fraction of sp³-hybridized carbons (Fsp3) is 0.667. The van der Waals surface area contributed by atoms with Crippen molar-refractivity contribution in [2.45, 2.75) is 38.6 Å². The maximum absolute atomic E-state index is 4.26. The van der Waals surface area contributed by atoms with Crippen LogP contribution in [0.3, 0.4) is 0 Å². The SMILES string of the molecule is Brc1cncc(CN2CCC3CCCCC3C2)c1. The molecule has 2 fully saturated rings. The quantitative estimate of drug-likeness (QED) is 0.825. The van der Waals surface area contributed by atoms with E-state index in [0.717, 1.165) is 22.9 Å². The van der Waals surface area contributed by atoms with Crippen LogP contribution in [0.1, 0.15) is 37.7 Å². The third-order valence-electron chi connectivity index (χ3n) is 4.54. The van der Waals surface area contributed by atoms with Gasteiger partial charge in [-0.2, -0.15) is 0 Å². The summed E-state index contributed by atoms with van der Waals surface area (Å²) >= 11 is 3.50. The zero-order valence-electron chi connectivity index (χ0n) is 10.8. The lowest BCUT2D eigenvalue weighted by molar-refractivity contribution is 0.0820. The first-order chi connectivity index (χ1) is 8.81. The molecule has 2 nitrogen and oxygen atoms in total. The normalized spacial score (nSPS) is 28.9. The molecular formula is C15H21BrN2. The number of piperidine rings is 1. The molecule has 2 aliphatic rings. The van der Waals surface area contributed by atoms with E-state index >= 15 is 0 Å². The molecule has 3 heteroatoms. The van der Waals surface area contributed by atoms with Crippen LogP contribution < -0.4 is 0 Å². The molecule has 0 spiro atoms. The number of nitrogens with zero attached hydrogens (tertiary/aromatic N) is 2. The standard InChI is InChI=1S/C15H21BrN2/c16-15-7-12(8-17-9-15)10-18-6-5-13-3-1-2-4-14(13)11-18/h7-9,13-14H,1-6,10-11H2. The first kappa shape index (κ1) is 12.6. The maximum Gasteiger partial charge on any atom is 0.0410 e. The Morgan fingerprint density at radius 1 is 1.17 bits per heavy atom. The van der Waals surface area contributed by atoms with Gasteiger partial charge in [0, 0.05) is 30.0 Å². The minimum Gasteiger partial charge on any atom is -0.299 e. The molecule has 18 heavy (non-hydrogen) atoms. The van der Waals surface area contributed by atoms with Gasteiger partial charge in [0.15, 0.2) is 0 Å². The Bertz CT molecular complexity index is 407. The van der Waals surface area contributed by atoms with E-state index in [9.17, 15) is 0 Å². The van der Waals surface area contributed by atoms with Gasteiger partial charge >= 0.3 is 0 Å². The Morgan fingerprint density at radius 3 is 2.83 bits per heavy atom. The highest BCUT2D eigenvalue weighted by molar-refractivity contribution is 9.10. The van der Waals surface area contributed by atoms with E-state index in [1.807, 2.05) is 12.4 Å². The lowest BCUT2D eigenvalue weighted by Gasteiger charge is -2.41. The topological polar surface area (TPSA) is 16.1 Å². The van der Waals surface area contributed by atoms with Crippen molar-refractivity contribution in [3.8, 4) is 0 Å². The molecule has 2 unspecified atom stereocenters. The van der Waals surface area contributed by atoms with Crippen molar-refractivity contribution in [1.82, 2.24) is 9.88 Å². The van der Waals surface area contributed by atoms with Gasteiger partial charge in [0.2, 0.25) is 0 Å². The van der Waals surface area contributed by atoms with Crippen LogP contribution >= 0.6 is 15.9 Å². The van der Waals surface area contributed by atoms with E-state index in [1.165, 1.54) is 50.8 Å². The van der Waals surface area contributed by atoms with Crippen LogP contribution in [0.4, 0.5) is 0 Å². The van der Waals surface area contributed by atoms with Gasteiger partial charge in [-0.15, -0.1) is 0 Å². The summed E-state index contributed by atoms with van der Waals surface area (Å²) in [5.74, 6) is 1.99. The first-order valence-electron chi connectivity index (χ1n) is 7.13. The minimum absolute atomic E-state index is 0.965. The van der Waals surface area contributed by atoms with Crippen LogP contribution in [0.5, 0.6) is 0 Å². The number of aromatic nitrogens is 1. The van der Waals surface area contributed by atoms with Crippen molar-refractivity contribution in [3.63, 3.8) is 0 Å². The summed E-state index contributed by atoms with van der Waals surface area (Å²) in [4.78, 5) is 6.88. The molecule has 1 aromatic rings. The molecule has 2 heterocycles. The monoisotopic (exact) mass is 308 g/mol. The van der Waals surface area contributed by atoms with Crippen molar-refractivity contribution in [3.05, 3.63) is 28.5 Å². The predicted octanol–water partition coefficient (Wildman–Crippen LogP) is 3.86. The number of rotatable bonds is 2. The largest absolute Gasteiger partial charge is 0.299 e. The summed E-state index contributed by atoms with van der Waals surface area (Å²) in [6, 6.07) is 2.19. The molecule has 3 rings (SSSR count). The van der Waals surface area contributed by atoms with Crippen LogP contribution in [0.2, 0.25) is 0 Å². The Hall–Kier alpha value is -0.410. The summed E-state index contributed by atoms with van der Waals surface area (Å²) < 4.78 is 1.09. The second kappa shape index (κ2) is 5.70. The fourth-order valence-electron chi connectivity index (χ4n) is 3.62. The first-order valence-corrected chi connectivity index (χ1v) is 7.92. The summed E-state index contributed by atoms with van der Waals surface area (Å²) in [5, 5.41) is 0. The zero-order valence-corrected chi connectivity index (χ0v) is 12.4. The van der Waals surface area contributed by atoms with Gasteiger partial charge in [-0.25, -0.2) is 0 Å². The summed E-state index contributed by atoms with van der Waals surface area (Å²) in [6.45, 7) is 3.64. The van der Waals surface area contributed by atoms with Crippen molar-refractivity contribution in [2.24, 2.45) is 11.8 Å². The molecule has 0 bridgehead atoms. The molecule has 1 saturated heterocycles. The van der Waals surface area contributed by atoms with Crippen molar-refractivity contribution >= 4 is 15.9 Å². The Balaban J connectivity index is 1.61. The van der Waals surface area contributed by atoms with Gasteiger partial charge in [0.25, 0.3) is 0 Å². The average Bonchev–Trinajstić information content (AvgIpc) is 2.39. The molecule has 98 valence electrons. The van der Waals surface area contributed by atoms with Gasteiger partial charge in [-0.05, 0) is 58.8 Å². The Kier molecular flexibility index (Phi) is 4.00. The third kappa shape index (κ3) is 2.94. The van der Waals surface area contributed by atoms with Crippen LogP contribution in [0.15, 0.2) is 22.9 Å². The van der Waals surface area contributed by atoms with Gasteiger partial charge in [0.05, 0.1) is 0 Å². The highest BCUT2D eigenvalue weighted by atomic mass is 79.9. The number of hydrogen-bond donors (Lipinski definition) is 0. The van der Waals surface area contributed by atoms with Gasteiger partial charge < -0.3 is 0 Å². The van der Waals surface area contributed by atoms with Crippen LogP contribution in [-0.4, -0.2) is 23.0 Å². The summed E-state index contributed by atoms with van der Waals surface area (Å²) in [7, 11) is 0. The molecular weight excluding hydrogens is 288 g/mol. The molecule has 0 radical (unpaired) electrons. The highest BCUT2D eigenvalue weighted by Crippen LogP contribution is 2.36. The van der Waals surface area contributed by atoms with Crippen molar-refractivity contribution < 1.29 is 0 Å². The van der Waals surface area contributed by atoms with Crippen LogP contribution in [-0.2, 0) is 6.54 Å². The lowest BCUT2D eigenvalue weighted by atomic mass is 9.75. The van der Waals surface area contributed by atoms with Crippen LogP contribution in [0.25, 0.3) is 0 Å². The van der Waals surface area contributed by atoms with E-state index < -0.39 is 0 Å². The predicted molar refractivity (Wildman–Crippen MR) is 77.3 cm³/mol. The summed E-state index contributed by atoms with van der Waals surface area (Å²) in [5.41, 5.74) is 1.33. The second-order valence-corrected chi connectivity index (χ2v) is 6.76. The number of hydrogen-bond acceptors (Lipinski definition) is 2. The van der Waals surface area contributed by atoms with Crippen molar-refractivity contribution in [1.29, 1.82) is 0 Å².